The Hall–Kier alpha value is -1.63. The van der Waals surface area contributed by atoms with Crippen LogP contribution in [0.1, 0.15) is 38.2 Å². The Bertz CT molecular complexity index is 494. The van der Waals surface area contributed by atoms with Crippen LogP contribution in [0.4, 0.5) is 14.5 Å². The highest BCUT2D eigenvalue weighted by Crippen LogP contribution is 2.28. The van der Waals surface area contributed by atoms with Gasteiger partial charge in [0.15, 0.2) is 11.6 Å². The number of hydrogen-bond donors (Lipinski definition) is 0. The fraction of sp³-hybridized carbons (Fsp3) is 0.533. The van der Waals surface area contributed by atoms with Gasteiger partial charge in [0.05, 0.1) is 11.3 Å². The number of nitriles is 1. The lowest BCUT2D eigenvalue weighted by Gasteiger charge is -2.23. The number of nitrogens with zero attached hydrogens (tertiary/aromatic N) is 2. The second-order valence-electron chi connectivity index (χ2n) is 5.06. The van der Waals surface area contributed by atoms with Gasteiger partial charge in [0, 0.05) is 13.1 Å². The third kappa shape index (κ3) is 2.86. The van der Waals surface area contributed by atoms with Crippen LogP contribution in [0, 0.1) is 28.9 Å². The van der Waals surface area contributed by atoms with Gasteiger partial charge in [0.25, 0.3) is 0 Å². The van der Waals surface area contributed by atoms with Crippen LogP contribution in [0.25, 0.3) is 0 Å². The summed E-state index contributed by atoms with van der Waals surface area (Å²) in [4.78, 5) is 1.90. The summed E-state index contributed by atoms with van der Waals surface area (Å²) < 4.78 is 27.6. The van der Waals surface area contributed by atoms with E-state index in [0.29, 0.717) is 5.92 Å². The van der Waals surface area contributed by atoms with Gasteiger partial charge in [-0.3, -0.25) is 0 Å². The molecule has 0 amide bonds. The number of rotatable bonds is 2. The minimum Gasteiger partial charge on any atom is -0.369 e. The third-order valence-electron chi connectivity index (χ3n) is 3.95. The van der Waals surface area contributed by atoms with E-state index in [1.807, 2.05) is 4.90 Å². The van der Waals surface area contributed by atoms with Gasteiger partial charge in [0.1, 0.15) is 6.07 Å². The zero-order valence-electron chi connectivity index (χ0n) is 11.1. The molecule has 0 saturated carbocycles. The molecule has 0 spiro atoms. The van der Waals surface area contributed by atoms with Gasteiger partial charge in [0.2, 0.25) is 0 Å². The van der Waals surface area contributed by atoms with Gasteiger partial charge < -0.3 is 4.90 Å². The molecule has 1 saturated heterocycles. The molecule has 1 aromatic carbocycles. The summed E-state index contributed by atoms with van der Waals surface area (Å²) in [6.45, 7) is 3.67. The lowest BCUT2D eigenvalue weighted by atomic mass is 9.98. The molecule has 2 nitrogen and oxygen atoms in total. The van der Waals surface area contributed by atoms with Gasteiger partial charge in [-0.05, 0) is 37.3 Å². The van der Waals surface area contributed by atoms with E-state index in [2.05, 4.69) is 6.92 Å². The van der Waals surface area contributed by atoms with E-state index in [9.17, 15) is 8.78 Å². The summed E-state index contributed by atoms with van der Waals surface area (Å²) in [5, 5.41) is 8.69. The quantitative estimate of drug-likeness (QED) is 0.811. The van der Waals surface area contributed by atoms with Crippen LogP contribution >= 0.6 is 0 Å². The van der Waals surface area contributed by atoms with Crippen LogP contribution in [0.2, 0.25) is 0 Å². The molecule has 4 heteroatoms. The summed E-state index contributed by atoms with van der Waals surface area (Å²) in [5.41, 5.74) is 0.0516. The molecule has 1 aromatic rings. The topological polar surface area (TPSA) is 27.0 Å². The molecule has 1 atom stereocenters. The third-order valence-corrected chi connectivity index (χ3v) is 3.95. The molecule has 0 N–H and O–H groups in total. The molecule has 1 unspecified atom stereocenters. The first-order valence-corrected chi connectivity index (χ1v) is 6.80. The minimum atomic E-state index is -1.03. The van der Waals surface area contributed by atoms with Crippen molar-refractivity contribution in [2.24, 2.45) is 5.92 Å². The average Bonchev–Trinajstić information content (AvgIpc) is 2.67. The van der Waals surface area contributed by atoms with E-state index in [1.165, 1.54) is 12.1 Å². The molecule has 1 heterocycles. The van der Waals surface area contributed by atoms with Crippen molar-refractivity contribution in [2.75, 3.05) is 18.0 Å². The first-order chi connectivity index (χ1) is 9.17. The van der Waals surface area contributed by atoms with Crippen molar-refractivity contribution in [3.05, 3.63) is 29.3 Å². The Balaban J connectivity index is 2.23. The van der Waals surface area contributed by atoms with Crippen molar-refractivity contribution < 1.29 is 8.78 Å². The predicted octanol–water partition coefficient (Wildman–Crippen LogP) is 3.85. The smallest absolute Gasteiger partial charge is 0.183 e. The van der Waals surface area contributed by atoms with E-state index in [0.717, 1.165) is 38.8 Å². The molecule has 2 rings (SSSR count). The summed E-state index contributed by atoms with van der Waals surface area (Å²) in [6.07, 6.45) is 4.29. The van der Waals surface area contributed by atoms with Crippen molar-refractivity contribution >= 4 is 5.69 Å². The summed E-state index contributed by atoms with van der Waals surface area (Å²) >= 11 is 0. The van der Waals surface area contributed by atoms with Gasteiger partial charge in [-0.2, -0.15) is 5.26 Å². The van der Waals surface area contributed by atoms with Gasteiger partial charge in [-0.1, -0.05) is 13.3 Å². The molecule has 0 bridgehead atoms. The highest BCUT2D eigenvalue weighted by Gasteiger charge is 2.21. The maximum absolute atomic E-state index is 14.0. The van der Waals surface area contributed by atoms with Crippen molar-refractivity contribution in [3.8, 4) is 6.07 Å². The molecule has 1 fully saturated rings. The van der Waals surface area contributed by atoms with E-state index in [1.54, 1.807) is 6.07 Å². The fourth-order valence-electron chi connectivity index (χ4n) is 2.68. The Morgan fingerprint density at radius 1 is 1.26 bits per heavy atom. The number of anilines is 1. The second kappa shape index (κ2) is 6.01. The largest absolute Gasteiger partial charge is 0.369 e. The van der Waals surface area contributed by atoms with Gasteiger partial charge in [-0.25, -0.2) is 8.78 Å². The van der Waals surface area contributed by atoms with Crippen LogP contribution in [-0.4, -0.2) is 13.1 Å². The zero-order valence-corrected chi connectivity index (χ0v) is 11.1. The first kappa shape index (κ1) is 13.8. The van der Waals surface area contributed by atoms with Crippen LogP contribution in [0.5, 0.6) is 0 Å². The SMILES string of the molecule is CCC1CCCN(c2ccc(C#N)c(F)c2F)CC1. The van der Waals surface area contributed by atoms with Crippen molar-refractivity contribution in [2.45, 2.75) is 32.6 Å². The zero-order chi connectivity index (χ0) is 13.8. The van der Waals surface area contributed by atoms with Crippen LogP contribution in [-0.2, 0) is 0 Å². The van der Waals surface area contributed by atoms with Gasteiger partial charge in [-0.15, -0.1) is 0 Å². The molecule has 0 aliphatic carbocycles. The number of hydrogen-bond acceptors (Lipinski definition) is 2. The molecular weight excluding hydrogens is 246 g/mol. The summed E-state index contributed by atoms with van der Waals surface area (Å²) in [5.74, 6) is -1.25. The van der Waals surface area contributed by atoms with Crippen molar-refractivity contribution in [1.29, 1.82) is 5.26 Å². The van der Waals surface area contributed by atoms with Crippen LogP contribution in [0.15, 0.2) is 12.1 Å². The number of halogens is 2. The Kier molecular flexibility index (Phi) is 4.36. The van der Waals surface area contributed by atoms with E-state index < -0.39 is 11.6 Å². The monoisotopic (exact) mass is 264 g/mol. The van der Waals surface area contributed by atoms with Crippen LogP contribution in [0.3, 0.4) is 0 Å². The van der Waals surface area contributed by atoms with E-state index in [-0.39, 0.29) is 11.3 Å². The second-order valence-corrected chi connectivity index (χ2v) is 5.06. The Morgan fingerprint density at radius 3 is 2.74 bits per heavy atom. The fourth-order valence-corrected chi connectivity index (χ4v) is 2.68. The Labute approximate surface area is 112 Å². The first-order valence-electron chi connectivity index (χ1n) is 6.80. The average molecular weight is 264 g/mol. The standard InChI is InChI=1S/C15H18F2N2/c1-2-11-4-3-8-19(9-7-11)13-6-5-12(10-18)14(16)15(13)17/h5-6,11H,2-4,7-9H2,1H3. The van der Waals surface area contributed by atoms with E-state index in [4.69, 9.17) is 5.26 Å². The van der Waals surface area contributed by atoms with E-state index >= 15 is 0 Å². The predicted molar refractivity (Wildman–Crippen MR) is 70.9 cm³/mol. The Morgan fingerprint density at radius 2 is 2.05 bits per heavy atom. The lowest BCUT2D eigenvalue weighted by molar-refractivity contribution is 0.459. The minimum absolute atomic E-state index is 0.234. The van der Waals surface area contributed by atoms with Gasteiger partial charge >= 0.3 is 0 Å². The normalized spacial score (nSPS) is 19.9. The molecule has 102 valence electrons. The lowest BCUT2D eigenvalue weighted by Crippen LogP contribution is -2.25. The molecule has 1 aliphatic heterocycles. The molecular formula is C15H18F2N2. The molecule has 1 aliphatic rings. The number of benzene rings is 1. The molecule has 19 heavy (non-hydrogen) atoms. The molecule has 0 radical (unpaired) electrons. The van der Waals surface area contributed by atoms with Crippen molar-refractivity contribution in [3.63, 3.8) is 0 Å². The maximum Gasteiger partial charge on any atom is 0.183 e. The molecule has 0 aromatic heterocycles. The van der Waals surface area contributed by atoms with Crippen LogP contribution < -0.4 is 4.90 Å². The highest BCUT2D eigenvalue weighted by atomic mass is 19.2. The van der Waals surface area contributed by atoms with Crippen molar-refractivity contribution in [1.82, 2.24) is 0 Å². The highest BCUT2D eigenvalue weighted by molar-refractivity contribution is 5.52. The maximum atomic E-state index is 14.0. The summed E-state index contributed by atoms with van der Waals surface area (Å²) in [7, 11) is 0. The summed E-state index contributed by atoms with van der Waals surface area (Å²) in [6, 6.07) is 4.54.